The molecule has 0 unspecified atom stereocenters. The monoisotopic (exact) mass is 487 g/mol. The topological polar surface area (TPSA) is 75.0 Å². The number of benzene rings is 2. The van der Waals surface area contributed by atoms with Crippen LogP contribution in [0.1, 0.15) is 17.7 Å². The molecule has 0 saturated carbocycles. The number of urea groups is 1. The minimum Gasteiger partial charge on any atom is -0.467 e. The first-order chi connectivity index (χ1) is 16.5. The van der Waals surface area contributed by atoms with Gasteiger partial charge >= 0.3 is 6.03 Å². The lowest BCUT2D eigenvalue weighted by Crippen LogP contribution is -2.44. The van der Waals surface area contributed by atoms with E-state index in [9.17, 15) is 14.0 Å². The smallest absolute Gasteiger partial charge is 0.322 e. The number of anilines is 1. The van der Waals surface area contributed by atoms with Crippen LogP contribution in [-0.4, -0.2) is 48.5 Å². The van der Waals surface area contributed by atoms with Crippen LogP contribution in [0.3, 0.4) is 0 Å². The maximum Gasteiger partial charge on any atom is 0.322 e. The molecule has 7 nitrogen and oxygen atoms in total. The van der Waals surface area contributed by atoms with Gasteiger partial charge in [-0.15, -0.1) is 0 Å². The SMILES string of the molecule is COCCCN(CC(=O)N(Cc1ccccc1)Cc1ccco1)C(=O)Nc1ccc(F)c(Cl)c1. The van der Waals surface area contributed by atoms with E-state index in [1.165, 1.54) is 23.1 Å². The lowest BCUT2D eigenvalue weighted by Gasteiger charge is -2.27. The predicted octanol–water partition coefficient (Wildman–Crippen LogP) is 5.17. The predicted molar refractivity (Wildman–Crippen MR) is 128 cm³/mol. The number of ether oxygens (including phenoxy) is 1. The molecule has 0 radical (unpaired) electrons. The van der Waals surface area contributed by atoms with Gasteiger partial charge in [0.05, 0.1) is 17.8 Å². The standard InChI is InChI=1S/C25H27ClFN3O4/c1-33-13-6-12-29(25(32)28-20-10-11-23(27)22(26)15-20)18-24(31)30(17-21-9-5-14-34-21)16-19-7-3-2-4-8-19/h2-5,7-11,14-15H,6,12-13,16-18H2,1H3,(H,28,32). The molecular weight excluding hydrogens is 461 g/mol. The molecular formula is C25H27ClFN3O4. The van der Waals surface area contributed by atoms with Gasteiger partial charge in [0.2, 0.25) is 5.91 Å². The van der Waals surface area contributed by atoms with Crippen molar-refractivity contribution in [2.75, 3.05) is 32.1 Å². The zero-order chi connectivity index (χ0) is 24.3. The van der Waals surface area contributed by atoms with Crippen molar-refractivity contribution in [3.05, 3.63) is 89.1 Å². The first-order valence-electron chi connectivity index (χ1n) is 10.8. The Morgan fingerprint density at radius 3 is 2.53 bits per heavy atom. The summed E-state index contributed by atoms with van der Waals surface area (Å²) in [5.41, 5.74) is 1.29. The summed E-state index contributed by atoms with van der Waals surface area (Å²) < 4.78 is 24.0. The number of hydrogen-bond donors (Lipinski definition) is 1. The lowest BCUT2D eigenvalue weighted by atomic mass is 10.2. The molecule has 9 heteroatoms. The van der Waals surface area contributed by atoms with E-state index in [1.807, 2.05) is 30.3 Å². The van der Waals surface area contributed by atoms with Crippen molar-refractivity contribution in [2.45, 2.75) is 19.5 Å². The van der Waals surface area contributed by atoms with Crippen LogP contribution in [0, 0.1) is 5.82 Å². The highest BCUT2D eigenvalue weighted by Crippen LogP contribution is 2.20. The van der Waals surface area contributed by atoms with Crippen LogP contribution in [0.5, 0.6) is 0 Å². The van der Waals surface area contributed by atoms with E-state index in [2.05, 4.69) is 5.32 Å². The van der Waals surface area contributed by atoms with Gasteiger partial charge in [0, 0.05) is 32.5 Å². The molecule has 34 heavy (non-hydrogen) atoms. The summed E-state index contributed by atoms with van der Waals surface area (Å²) in [6, 6.07) is 16.6. The van der Waals surface area contributed by atoms with E-state index in [0.29, 0.717) is 37.6 Å². The number of nitrogens with one attached hydrogen (secondary N) is 1. The van der Waals surface area contributed by atoms with Gasteiger partial charge in [-0.2, -0.15) is 0 Å². The summed E-state index contributed by atoms with van der Waals surface area (Å²) in [6.07, 6.45) is 2.09. The van der Waals surface area contributed by atoms with Crippen molar-refractivity contribution in [3.63, 3.8) is 0 Å². The normalized spacial score (nSPS) is 10.7. The van der Waals surface area contributed by atoms with Gasteiger partial charge in [0.1, 0.15) is 18.1 Å². The van der Waals surface area contributed by atoms with E-state index in [-0.39, 0.29) is 24.0 Å². The third-order valence-electron chi connectivity index (χ3n) is 5.06. The van der Waals surface area contributed by atoms with Gasteiger partial charge in [-0.3, -0.25) is 4.79 Å². The first-order valence-corrected chi connectivity index (χ1v) is 11.2. The number of carbonyl (C=O) groups excluding carboxylic acids is 2. The third kappa shape index (κ3) is 7.60. The average molecular weight is 488 g/mol. The van der Waals surface area contributed by atoms with Crippen molar-refractivity contribution in [1.82, 2.24) is 9.80 Å². The van der Waals surface area contributed by atoms with Gasteiger partial charge in [0.25, 0.3) is 0 Å². The average Bonchev–Trinajstić information content (AvgIpc) is 3.34. The Hall–Kier alpha value is -3.36. The van der Waals surface area contributed by atoms with Crippen LogP contribution in [0.2, 0.25) is 5.02 Å². The van der Waals surface area contributed by atoms with Crippen molar-refractivity contribution in [3.8, 4) is 0 Å². The molecule has 3 aromatic rings. The van der Waals surface area contributed by atoms with Crippen LogP contribution in [0.25, 0.3) is 0 Å². The first kappa shape index (κ1) is 25.3. The van der Waals surface area contributed by atoms with Crippen molar-refractivity contribution >= 4 is 29.2 Å². The van der Waals surface area contributed by atoms with Gasteiger partial charge in [0.15, 0.2) is 0 Å². The van der Waals surface area contributed by atoms with E-state index in [4.69, 9.17) is 20.8 Å². The molecule has 3 rings (SSSR count). The number of rotatable bonds is 11. The van der Waals surface area contributed by atoms with Gasteiger partial charge in [-0.1, -0.05) is 41.9 Å². The Morgan fingerprint density at radius 1 is 1.06 bits per heavy atom. The van der Waals surface area contributed by atoms with Gasteiger partial charge in [-0.05, 0) is 42.3 Å². The van der Waals surface area contributed by atoms with Crippen LogP contribution in [0.4, 0.5) is 14.9 Å². The second-order valence-corrected chi connectivity index (χ2v) is 8.05. The number of halogens is 2. The van der Waals surface area contributed by atoms with Gasteiger partial charge in [-0.25, -0.2) is 9.18 Å². The molecule has 0 aliphatic carbocycles. The minimum atomic E-state index is -0.582. The molecule has 0 aliphatic heterocycles. The van der Waals surface area contributed by atoms with Crippen LogP contribution in [-0.2, 0) is 22.6 Å². The fourth-order valence-corrected chi connectivity index (χ4v) is 3.50. The Kier molecular flexibility index (Phi) is 9.49. The molecule has 180 valence electrons. The molecule has 2 aromatic carbocycles. The van der Waals surface area contributed by atoms with E-state index >= 15 is 0 Å². The zero-order valence-corrected chi connectivity index (χ0v) is 19.6. The highest BCUT2D eigenvalue weighted by Gasteiger charge is 2.23. The van der Waals surface area contributed by atoms with E-state index < -0.39 is 11.8 Å². The number of methoxy groups -OCH3 is 1. The Labute approximate surface area is 203 Å². The molecule has 1 heterocycles. The molecule has 1 aromatic heterocycles. The quantitative estimate of drug-likeness (QED) is 0.378. The number of hydrogen-bond acceptors (Lipinski definition) is 4. The summed E-state index contributed by atoms with van der Waals surface area (Å²) in [6.45, 7) is 1.20. The molecule has 0 bridgehead atoms. The van der Waals surface area contributed by atoms with Crippen molar-refractivity contribution in [1.29, 1.82) is 0 Å². The summed E-state index contributed by atoms with van der Waals surface area (Å²) in [5.74, 6) is -0.188. The zero-order valence-electron chi connectivity index (χ0n) is 18.9. The van der Waals surface area contributed by atoms with E-state index in [0.717, 1.165) is 5.56 Å². The summed E-state index contributed by atoms with van der Waals surface area (Å²) in [7, 11) is 1.57. The molecule has 3 amide bonds. The maximum atomic E-state index is 13.5. The fourth-order valence-electron chi connectivity index (χ4n) is 3.32. The Bertz CT molecular complexity index is 1060. The summed E-state index contributed by atoms with van der Waals surface area (Å²) >= 11 is 5.82. The number of carbonyl (C=O) groups is 2. The van der Waals surface area contributed by atoms with Crippen LogP contribution >= 0.6 is 11.6 Å². The molecule has 0 aliphatic rings. The molecule has 0 saturated heterocycles. The minimum absolute atomic E-state index is 0.104. The highest BCUT2D eigenvalue weighted by molar-refractivity contribution is 6.31. The molecule has 0 spiro atoms. The fraction of sp³-hybridized carbons (Fsp3) is 0.280. The number of furan rings is 1. The number of amides is 3. The molecule has 1 N–H and O–H groups in total. The van der Waals surface area contributed by atoms with Crippen molar-refractivity contribution in [2.24, 2.45) is 0 Å². The van der Waals surface area contributed by atoms with Gasteiger partial charge < -0.3 is 24.3 Å². The Balaban J connectivity index is 1.74. The second kappa shape index (κ2) is 12.8. The van der Waals surface area contributed by atoms with Crippen LogP contribution < -0.4 is 5.32 Å². The Morgan fingerprint density at radius 2 is 1.85 bits per heavy atom. The summed E-state index contributed by atoms with van der Waals surface area (Å²) in [5, 5.41) is 2.58. The molecule has 0 fully saturated rings. The third-order valence-corrected chi connectivity index (χ3v) is 5.35. The largest absolute Gasteiger partial charge is 0.467 e. The lowest BCUT2D eigenvalue weighted by molar-refractivity contribution is -0.133. The van der Waals surface area contributed by atoms with Crippen LogP contribution in [0.15, 0.2) is 71.3 Å². The van der Waals surface area contributed by atoms with Crippen molar-refractivity contribution < 1.29 is 23.1 Å². The van der Waals surface area contributed by atoms with E-state index in [1.54, 1.807) is 30.4 Å². The summed E-state index contributed by atoms with van der Waals surface area (Å²) in [4.78, 5) is 29.4. The number of nitrogens with zero attached hydrogens (tertiary/aromatic N) is 2. The second-order valence-electron chi connectivity index (χ2n) is 7.64. The highest BCUT2D eigenvalue weighted by atomic mass is 35.5. The maximum absolute atomic E-state index is 13.5. The molecule has 0 atom stereocenters.